The van der Waals surface area contributed by atoms with Gasteiger partial charge in [-0.15, -0.1) is 0 Å². The number of benzene rings is 1. The van der Waals surface area contributed by atoms with Crippen molar-refractivity contribution < 1.29 is 9.90 Å². The molecular weight excluding hydrogens is 326 g/mol. The average Bonchev–Trinajstić information content (AvgIpc) is 3.06. The monoisotopic (exact) mass is 349 g/mol. The number of hydrogen-bond acceptors (Lipinski definition) is 3. The van der Waals surface area contributed by atoms with E-state index in [0.29, 0.717) is 18.8 Å². The minimum atomic E-state index is -0.235. The number of aryl methyl sites for hydroxylation is 1. The molecule has 0 radical (unpaired) electrons. The lowest BCUT2D eigenvalue weighted by Crippen LogP contribution is -2.41. The van der Waals surface area contributed by atoms with E-state index in [-0.39, 0.29) is 18.1 Å². The Balaban J connectivity index is 1.40. The molecule has 1 aliphatic rings. The van der Waals surface area contributed by atoms with Crippen LogP contribution in [-0.4, -0.2) is 26.5 Å². The molecular formula is C21H23N3O2. The number of hydrogen-bond donors (Lipinski definition) is 2. The van der Waals surface area contributed by atoms with Gasteiger partial charge in [-0.25, -0.2) is 4.98 Å². The molecule has 0 aliphatic heterocycles. The van der Waals surface area contributed by atoms with Crippen molar-refractivity contribution in [2.45, 2.75) is 37.8 Å². The largest absolute Gasteiger partial charge is 0.393 e. The second kappa shape index (κ2) is 7.30. The fourth-order valence-corrected chi connectivity index (χ4v) is 3.63. The van der Waals surface area contributed by atoms with Crippen LogP contribution in [0.15, 0.2) is 60.9 Å². The molecule has 1 amide bonds. The van der Waals surface area contributed by atoms with Crippen molar-refractivity contribution in [2.24, 2.45) is 5.92 Å². The molecule has 1 atom stereocenters. The van der Waals surface area contributed by atoms with E-state index in [4.69, 9.17) is 0 Å². The van der Waals surface area contributed by atoms with Gasteiger partial charge >= 0.3 is 0 Å². The molecule has 0 unspecified atom stereocenters. The van der Waals surface area contributed by atoms with Gasteiger partial charge in [0, 0.05) is 18.8 Å². The number of imidazole rings is 1. The Labute approximate surface area is 152 Å². The van der Waals surface area contributed by atoms with Gasteiger partial charge < -0.3 is 14.8 Å². The fraction of sp³-hybridized carbons (Fsp3) is 0.333. The minimum Gasteiger partial charge on any atom is -0.393 e. The number of nitrogens with one attached hydrogen (secondary N) is 1. The zero-order valence-corrected chi connectivity index (χ0v) is 14.6. The highest BCUT2D eigenvalue weighted by molar-refractivity contribution is 5.76. The Morgan fingerprint density at radius 3 is 2.69 bits per heavy atom. The van der Waals surface area contributed by atoms with Crippen LogP contribution in [0, 0.1) is 5.92 Å². The van der Waals surface area contributed by atoms with Crippen molar-refractivity contribution in [3.63, 3.8) is 0 Å². The lowest BCUT2D eigenvalue weighted by atomic mass is 9.75. The third-order valence-electron chi connectivity index (χ3n) is 5.12. The Morgan fingerprint density at radius 2 is 1.96 bits per heavy atom. The Morgan fingerprint density at radius 1 is 1.19 bits per heavy atom. The summed E-state index contributed by atoms with van der Waals surface area (Å²) in [6.45, 7) is 0. The van der Waals surface area contributed by atoms with Crippen LogP contribution in [0.5, 0.6) is 0 Å². The summed E-state index contributed by atoms with van der Waals surface area (Å²) in [5, 5.41) is 12.8. The van der Waals surface area contributed by atoms with Gasteiger partial charge in [0.15, 0.2) is 0 Å². The highest BCUT2D eigenvalue weighted by Gasteiger charge is 2.35. The molecule has 5 heteroatoms. The number of aliphatic hydroxyl groups excluding tert-OH is 1. The molecule has 26 heavy (non-hydrogen) atoms. The van der Waals surface area contributed by atoms with E-state index in [2.05, 4.69) is 10.3 Å². The summed E-state index contributed by atoms with van der Waals surface area (Å²) in [6, 6.07) is 15.9. The summed E-state index contributed by atoms with van der Waals surface area (Å²) in [7, 11) is 0. The van der Waals surface area contributed by atoms with Crippen LogP contribution in [0.2, 0.25) is 0 Å². The first-order valence-electron chi connectivity index (χ1n) is 9.14. The molecule has 3 aromatic rings. The number of amides is 1. The van der Waals surface area contributed by atoms with Crippen molar-refractivity contribution in [3.8, 4) is 0 Å². The van der Waals surface area contributed by atoms with Gasteiger partial charge in [-0.05, 0) is 42.9 Å². The summed E-state index contributed by atoms with van der Waals surface area (Å²) >= 11 is 0. The molecule has 1 saturated carbocycles. The minimum absolute atomic E-state index is 0.0253. The van der Waals surface area contributed by atoms with E-state index in [9.17, 15) is 9.90 Å². The van der Waals surface area contributed by atoms with Gasteiger partial charge in [0.05, 0.1) is 17.8 Å². The summed E-state index contributed by atoms with van der Waals surface area (Å²) in [5.41, 5.74) is 2.92. The predicted molar refractivity (Wildman–Crippen MR) is 99.6 cm³/mol. The molecule has 1 fully saturated rings. The topological polar surface area (TPSA) is 66.6 Å². The molecule has 2 heterocycles. The quantitative estimate of drug-likeness (QED) is 0.719. The van der Waals surface area contributed by atoms with Gasteiger partial charge in [-0.1, -0.05) is 36.4 Å². The molecule has 2 aromatic heterocycles. The molecule has 1 aliphatic carbocycles. The SMILES string of the molecule is O=C(CCc1cn2ccccc2n1)N[C@@H](c1ccccc1)C1CC(O)C1. The van der Waals surface area contributed by atoms with Gasteiger partial charge in [0.2, 0.25) is 5.91 Å². The maximum absolute atomic E-state index is 12.5. The van der Waals surface area contributed by atoms with Crippen LogP contribution in [0.4, 0.5) is 0 Å². The molecule has 5 nitrogen and oxygen atoms in total. The number of nitrogens with zero attached hydrogens (tertiary/aromatic N) is 2. The van der Waals surface area contributed by atoms with E-state index in [1.165, 1.54) is 0 Å². The van der Waals surface area contributed by atoms with Crippen LogP contribution in [0.25, 0.3) is 5.65 Å². The predicted octanol–water partition coefficient (Wildman–Crippen LogP) is 2.90. The molecule has 4 rings (SSSR count). The van der Waals surface area contributed by atoms with Crippen molar-refractivity contribution in [1.82, 2.24) is 14.7 Å². The number of aromatic nitrogens is 2. The van der Waals surface area contributed by atoms with Crippen LogP contribution < -0.4 is 5.32 Å². The van der Waals surface area contributed by atoms with Crippen molar-refractivity contribution in [1.29, 1.82) is 0 Å². The first kappa shape index (κ1) is 16.8. The molecule has 134 valence electrons. The Bertz CT molecular complexity index is 851. The summed E-state index contributed by atoms with van der Waals surface area (Å²) in [4.78, 5) is 17.1. The number of carbonyl (C=O) groups is 1. The maximum atomic E-state index is 12.5. The van der Waals surface area contributed by atoms with Crippen molar-refractivity contribution in [3.05, 3.63) is 72.2 Å². The Kier molecular flexibility index (Phi) is 4.71. The average molecular weight is 349 g/mol. The maximum Gasteiger partial charge on any atom is 0.220 e. The molecule has 0 spiro atoms. The zero-order valence-electron chi connectivity index (χ0n) is 14.6. The third-order valence-corrected chi connectivity index (χ3v) is 5.12. The van der Waals surface area contributed by atoms with E-state index in [0.717, 1.165) is 29.7 Å². The molecule has 0 bridgehead atoms. The first-order valence-corrected chi connectivity index (χ1v) is 9.14. The zero-order chi connectivity index (χ0) is 17.9. The lowest BCUT2D eigenvalue weighted by molar-refractivity contribution is -0.123. The van der Waals surface area contributed by atoms with Gasteiger partial charge in [-0.2, -0.15) is 0 Å². The van der Waals surface area contributed by atoms with Gasteiger partial charge in [0.25, 0.3) is 0 Å². The van der Waals surface area contributed by atoms with E-state index in [1.54, 1.807) is 0 Å². The number of aliphatic hydroxyl groups is 1. The van der Waals surface area contributed by atoms with Gasteiger partial charge in [-0.3, -0.25) is 4.79 Å². The van der Waals surface area contributed by atoms with Crippen LogP contribution in [0.1, 0.15) is 36.6 Å². The third kappa shape index (κ3) is 3.63. The van der Waals surface area contributed by atoms with E-state index < -0.39 is 0 Å². The summed E-state index contributed by atoms with van der Waals surface area (Å²) in [5.74, 6) is 0.323. The summed E-state index contributed by atoms with van der Waals surface area (Å²) < 4.78 is 1.97. The second-order valence-electron chi connectivity index (χ2n) is 7.04. The number of rotatable bonds is 6. The van der Waals surface area contributed by atoms with E-state index in [1.807, 2.05) is 65.3 Å². The lowest BCUT2D eigenvalue weighted by Gasteiger charge is -2.38. The second-order valence-corrected chi connectivity index (χ2v) is 7.04. The number of pyridine rings is 1. The summed E-state index contributed by atoms with van der Waals surface area (Å²) in [6.07, 6.45) is 6.20. The van der Waals surface area contributed by atoms with Crippen LogP contribution in [-0.2, 0) is 11.2 Å². The van der Waals surface area contributed by atoms with Gasteiger partial charge in [0.1, 0.15) is 5.65 Å². The Hall–Kier alpha value is -2.66. The molecule has 1 aromatic carbocycles. The highest BCUT2D eigenvalue weighted by Crippen LogP contribution is 2.38. The standard InChI is InChI=1S/C21H23N3O2/c25-18-12-16(13-18)21(15-6-2-1-3-7-15)23-20(26)10-9-17-14-24-11-5-4-8-19(24)22-17/h1-8,11,14,16,18,21,25H,9-10,12-13H2,(H,23,26)/t16?,18?,21-/m0/s1. The first-order chi connectivity index (χ1) is 12.7. The number of fused-ring (bicyclic) bond motifs is 1. The highest BCUT2D eigenvalue weighted by atomic mass is 16.3. The normalized spacial score (nSPS) is 20.5. The smallest absolute Gasteiger partial charge is 0.220 e. The fourth-order valence-electron chi connectivity index (χ4n) is 3.63. The van der Waals surface area contributed by atoms with Crippen molar-refractivity contribution in [2.75, 3.05) is 0 Å². The van der Waals surface area contributed by atoms with Crippen LogP contribution >= 0.6 is 0 Å². The van der Waals surface area contributed by atoms with E-state index >= 15 is 0 Å². The molecule has 0 saturated heterocycles. The van der Waals surface area contributed by atoms with Crippen molar-refractivity contribution >= 4 is 11.6 Å². The molecule has 2 N–H and O–H groups in total. The van der Waals surface area contributed by atoms with Crippen LogP contribution in [0.3, 0.4) is 0 Å². The number of carbonyl (C=O) groups excluding carboxylic acids is 1.